The van der Waals surface area contributed by atoms with Crippen molar-refractivity contribution in [1.29, 1.82) is 0 Å². The Balaban J connectivity index is 1.51. The Morgan fingerprint density at radius 1 is 1.17 bits per heavy atom. The number of benzene rings is 2. The van der Waals surface area contributed by atoms with Gasteiger partial charge in [0.2, 0.25) is 5.82 Å². The maximum absolute atomic E-state index is 11.2. The van der Waals surface area contributed by atoms with Crippen LogP contribution >= 0.6 is 0 Å². The van der Waals surface area contributed by atoms with Gasteiger partial charge in [0.25, 0.3) is 5.89 Å². The zero-order chi connectivity index (χ0) is 21.3. The Morgan fingerprint density at radius 3 is 2.80 bits per heavy atom. The number of anilines is 1. The Hall–Kier alpha value is -4.14. The standard InChI is InChI=1S/C21H18N4O5/c1-12-6-8-18(17(10-12)25(26)27)28-11-14-7-9-19(29-14)21-23-20(24-30-21)15-4-3-5-16(22)13(15)2/h3-10H,11,22H2,1-2H3. The van der Waals surface area contributed by atoms with E-state index in [1.807, 2.05) is 19.1 Å². The minimum absolute atomic E-state index is 0.0131. The lowest BCUT2D eigenvalue weighted by atomic mass is 10.1. The molecule has 0 amide bonds. The van der Waals surface area contributed by atoms with Crippen molar-refractivity contribution in [3.63, 3.8) is 0 Å². The predicted octanol–water partition coefficient (Wildman–Crippen LogP) is 4.68. The maximum atomic E-state index is 11.2. The molecule has 0 bridgehead atoms. The van der Waals surface area contributed by atoms with Gasteiger partial charge >= 0.3 is 5.69 Å². The van der Waals surface area contributed by atoms with Gasteiger partial charge in [-0.15, -0.1) is 0 Å². The van der Waals surface area contributed by atoms with E-state index in [0.29, 0.717) is 23.0 Å². The van der Waals surface area contributed by atoms with E-state index in [1.54, 1.807) is 37.3 Å². The van der Waals surface area contributed by atoms with Crippen molar-refractivity contribution in [3.8, 4) is 28.8 Å². The summed E-state index contributed by atoms with van der Waals surface area (Å²) in [5.41, 5.74) is 8.89. The second-order valence-electron chi connectivity index (χ2n) is 6.73. The highest BCUT2D eigenvalue weighted by Gasteiger charge is 2.18. The van der Waals surface area contributed by atoms with E-state index in [1.165, 1.54) is 6.07 Å². The predicted molar refractivity (Wildman–Crippen MR) is 109 cm³/mol. The van der Waals surface area contributed by atoms with Crippen LogP contribution in [0.15, 0.2) is 57.5 Å². The average molecular weight is 406 g/mol. The summed E-state index contributed by atoms with van der Waals surface area (Å²) < 4.78 is 16.6. The number of ether oxygens (including phenoxy) is 1. The van der Waals surface area contributed by atoms with Crippen LogP contribution < -0.4 is 10.5 Å². The number of furan rings is 1. The molecule has 0 unspecified atom stereocenters. The third-order valence-electron chi connectivity index (χ3n) is 4.60. The van der Waals surface area contributed by atoms with Gasteiger partial charge in [0.15, 0.2) is 11.5 Å². The molecule has 0 aliphatic rings. The van der Waals surface area contributed by atoms with Crippen LogP contribution in [0.2, 0.25) is 0 Å². The molecule has 0 atom stereocenters. The van der Waals surface area contributed by atoms with Crippen LogP contribution in [0.1, 0.15) is 16.9 Å². The molecule has 30 heavy (non-hydrogen) atoms. The summed E-state index contributed by atoms with van der Waals surface area (Å²) in [6.07, 6.45) is 0. The van der Waals surface area contributed by atoms with Crippen LogP contribution in [0, 0.1) is 24.0 Å². The van der Waals surface area contributed by atoms with Crippen molar-refractivity contribution >= 4 is 11.4 Å². The normalized spacial score (nSPS) is 10.9. The minimum atomic E-state index is -0.478. The van der Waals surface area contributed by atoms with E-state index in [-0.39, 0.29) is 23.9 Å². The Morgan fingerprint density at radius 2 is 2.00 bits per heavy atom. The lowest BCUT2D eigenvalue weighted by Crippen LogP contribution is -1.98. The quantitative estimate of drug-likeness (QED) is 0.277. The number of nitrogens with two attached hydrogens (primary N) is 1. The number of nitro groups is 1. The highest BCUT2D eigenvalue weighted by atomic mass is 16.6. The molecule has 0 saturated carbocycles. The lowest BCUT2D eigenvalue weighted by Gasteiger charge is -2.05. The van der Waals surface area contributed by atoms with Gasteiger partial charge in [-0.1, -0.05) is 23.4 Å². The number of hydrogen-bond donors (Lipinski definition) is 1. The fourth-order valence-corrected chi connectivity index (χ4v) is 2.94. The number of aryl methyl sites for hydroxylation is 1. The Kier molecular flexibility index (Phi) is 4.93. The zero-order valence-electron chi connectivity index (χ0n) is 16.3. The summed E-state index contributed by atoms with van der Waals surface area (Å²) in [4.78, 5) is 15.1. The van der Waals surface area contributed by atoms with Gasteiger partial charge < -0.3 is 19.4 Å². The van der Waals surface area contributed by atoms with Crippen molar-refractivity contribution in [2.24, 2.45) is 0 Å². The molecule has 0 radical (unpaired) electrons. The van der Waals surface area contributed by atoms with E-state index in [0.717, 1.165) is 16.7 Å². The van der Waals surface area contributed by atoms with Gasteiger partial charge in [-0.3, -0.25) is 10.1 Å². The van der Waals surface area contributed by atoms with Crippen LogP contribution in [0.5, 0.6) is 5.75 Å². The van der Waals surface area contributed by atoms with E-state index in [9.17, 15) is 10.1 Å². The number of nitro benzene ring substituents is 1. The maximum Gasteiger partial charge on any atom is 0.311 e. The topological polar surface area (TPSA) is 130 Å². The Bertz CT molecular complexity index is 1230. The van der Waals surface area contributed by atoms with Gasteiger partial charge in [0.1, 0.15) is 12.4 Å². The summed E-state index contributed by atoms with van der Waals surface area (Å²) in [6, 6.07) is 13.6. The van der Waals surface area contributed by atoms with Gasteiger partial charge in [0, 0.05) is 17.3 Å². The van der Waals surface area contributed by atoms with E-state index in [4.69, 9.17) is 19.4 Å². The summed E-state index contributed by atoms with van der Waals surface area (Å²) in [6.45, 7) is 3.67. The van der Waals surface area contributed by atoms with Crippen molar-refractivity contribution in [2.75, 3.05) is 5.73 Å². The largest absolute Gasteiger partial charge is 0.479 e. The summed E-state index contributed by atoms with van der Waals surface area (Å²) in [5.74, 6) is 1.60. The highest BCUT2D eigenvalue weighted by Crippen LogP contribution is 2.30. The van der Waals surface area contributed by atoms with Gasteiger partial charge in [-0.2, -0.15) is 4.98 Å². The van der Waals surface area contributed by atoms with E-state index < -0.39 is 4.92 Å². The fourth-order valence-electron chi connectivity index (χ4n) is 2.94. The molecule has 9 nitrogen and oxygen atoms in total. The smallest absolute Gasteiger partial charge is 0.311 e. The third-order valence-corrected chi connectivity index (χ3v) is 4.60. The molecular weight excluding hydrogens is 388 g/mol. The second kappa shape index (κ2) is 7.70. The molecule has 2 heterocycles. The van der Waals surface area contributed by atoms with Crippen LogP contribution in [-0.4, -0.2) is 15.1 Å². The first-order valence-corrected chi connectivity index (χ1v) is 9.08. The van der Waals surface area contributed by atoms with Crippen molar-refractivity contribution in [2.45, 2.75) is 20.5 Å². The van der Waals surface area contributed by atoms with Crippen molar-refractivity contribution in [1.82, 2.24) is 10.1 Å². The molecule has 9 heteroatoms. The average Bonchev–Trinajstić information content (AvgIpc) is 3.38. The molecule has 4 rings (SSSR count). The van der Waals surface area contributed by atoms with Gasteiger partial charge in [0.05, 0.1) is 4.92 Å². The molecule has 0 aliphatic carbocycles. The molecule has 4 aromatic rings. The molecule has 0 saturated heterocycles. The van der Waals surface area contributed by atoms with E-state index >= 15 is 0 Å². The van der Waals surface area contributed by atoms with Crippen LogP contribution in [0.3, 0.4) is 0 Å². The molecule has 0 fully saturated rings. The minimum Gasteiger partial charge on any atom is -0.479 e. The molecule has 0 aliphatic heterocycles. The fraction of sp³-hybridized carbons (Fsp3) is 0.143. The number of nitrogen functional groups attached to an aromatic ring is 1. The highest BCUT2D eigenvalue weighted by molar-refractivity contribution is 5.68. The van der Waals surface area contributed by atoms with Crippen molar-refractivity contribution in [3.05, 3.63) is 75.5 Å². The summed E-state index contributed by atoms with van der Waals surface area (Å²) in [7, 11) is 0. The SMILES string of the molecule is Cc1ccc(OCc2ccc(-c3nc(-c4cccc(N)c4C)no3)o2)c([N+](=O)[O-])c1. The van der Waals surface area contributed by atoms with Crippen LogP contribution in [0.25, 0.3) is 23.0 Å². The molecule has 152 valence electrons. The van der Waals surface area contributed by atoms with Crippen molar-refractivity contribution < 1.29 is 18.6 Å². The number of hydrogen-bond acceptors (Lipinski definition) is 8. The third kappa shape index (κ3) is 3.72. The monoisotopic (exact) mass is 406 g/mol. The summed E-state index contributed by atoms with van der Waals surface area (Å²) >= 11 is 0. The zero-order valence-corrected chi connectivity index (χ0v) is 16.3. The number of nitrogens with zero attached hydrogens (tertiary/aromatic N) is 3. The summed E-state index contributed by atoms with van der Waals surface area (Å²) in [5, 5.41) is 15.2. The Labute approximate surface area is 171 Å². The first kappa shape index (κ1) is 19.2. The molecule has 2 aromatic heterocycles. The van der Waals surface area contributed by atoms with Crippen LogP contribution in [-0.2, 0) is 6.61 Å². The first-order valence-electron chi connectivity index (χ1n) is 9.08. The number of rotatable bonds is 6. The van der Waals surface area contributed by atoms with E-state index in [2.05, 4.69) is 10.1 Å². The first-order chi connectivity index (χ1) is 14.4. The van der Waals surface area contributed by atoms with Gasteiger partial charge in [-0.25, -0.2) is 0 Å². The molecule has 2 N–H and O–H groups in total. The molecular formula is C21H18N4O5. The lowest BCUT2D eigenvalue weighted by molar-refractivity contribution is -0.386. The molecule has 0 spiro atoms. The second-order valence-corrected chi connectivity index (χ2v) is 6.73. The molecule has 2 aromatic carbocycles. The van der Waals surface area contributed by atoms with Crippen LogP contribution in [0.4, 0.5) is 11.4 Å². The van der Waals surface area contributed by atoms with Gasteiger partial charge in [-0.05, 0) is 49.2 Å². The number of aromatic nitrogens is 2.